The Labute approximate surface area is 209 Å². The van der Waals surface area contributed by atoms with E-state index in [0.29, 0.717) is 18.5 Å². The summed E-state index contributed by atoms with van der Waals surface area (Å²) in [5.74, 6) is -4.61. The molecule has 3 rings (SSSR count). The number of aliphatic carboxylic acids is 2. The van der Waals surface area contributed by atoms with E-state index >= 15 is 0 Å². The smallest absolute Gasteiger partial charge is 0.475 e. The fourth-order valence-corrected chi connectivity index (χ4v) is 3.91. The second-order valence-corrected chi connectivity index (χ2v) is 8.80. The minimum atomic E-state index is -5.08. The number of fused-ring (bicyclic) bond motifs is 1. The molecule has 2 aliphatic rings. The van der Waals surface area contributed by atoms with Crippen LogP contribution in [0.4, 0.5) is 26.3 Å². The van der Waals surface area contributed by atoms with E-state index in [1.165, 1.54) is 12.8 Å². The van der Waals surface area contributed by atoms with Crippen LogP contribution in [0.1, 0.15) is 24.2 Å². The molecule has 0 unspecified atom stereocenters. The zero-order valence-electron chi connectivity index (χ0n) is 20.5. The summed E-state index contributed by atoms with van der Waals surface area (Å²) in [5, 5.41) is 14.2. The van der Waals surface area contributed by atoms with Crippen molar-refractivity contribution in [3.05, 3.63) is 29.6 Å². The standard InChI is InChI=1S/C18H28N4O.2C2HF3O2/c1-14-6-4-8-16(19-14)11-22-9-5-7-15-10-21(12-17(15)22)13-18(23)20(2)3;2*3-2(4,5)1(6)7/h4,6,8,15,17H,5,7,9-13H2,1-3H3;2*(H,6,7)/t15-,17+;;/m1../s1. The maximum Gasteiger partial charge on any atom is 0.490 e. The van der Waals surface area contributed by atoms with Crippen molar-refractivity contribution in [2.24, 2.45) is 5.92 Å². The van der Waals surface area contributed by atoms with Crippen LogP contribution in [0.5, 0.6) is 0 Å². The van der Waals surface area contributed by atoms with Crippen molar-refractivity contribution in [1.29, 1.82) is 0 Å². The molecule has 37 heavy (non-hydrogen) atoms. The first-order chi connectivity index (χ1) is 16.9. The molecule has 1 aromatic heterocycles. The highest BCUT2D eigenvalue weighted by molar-refractivity contribution is 5.77. The van der Waals surface area contributed by atoms with Gasteiger partial charge in [-0.2, -0.15) is 26.3 Å². The Morgan fingerprint density at radius 3 is 2.03 bits per heavy atom. The van der Waals surface area contributed by atoms with Crippen molar-refractivity contribution in [1.82, 2.24) is 19.7 Å². The number of rotatable bonds is 4. The van der Waals surface area contributed by atoms with Crippen LogP contribution in [0.25, 0.3) is 0 Å². The third-order valence-corrected chi connectivity index (χ3v) is 5.63. The van der Waals surface area contributed by atoms with Crippen LogP contribution < -0.4 is 0 Å². The third kappa shape index (κ3) is 11.3. The van der Waals surface area contributed by atoms with Crippen LogP contribution in [0.2, 0.25) is 0 Å². The average Bonchev–Trinajstić information content (AvgIpc) is 3.17. The Morgan fingerprint density at radius 2 is 1.57 bits per heavy atom. The number of carboxylic acid groups (broad SMARTS) is 2. The van der Waals surface area contributed by atoms with Crippen molar-refractivity contribution in [3.8, 4) is 0 Å². The van der Waals surface area contributed by atoms with E-state index in [2.05, 4.69) is 26.9 Å². The maximum absolute atomic E-state index is 12.0. The van der Waals surface area contributed by atoms with Crippen molar-refractivity contribution in [2.75, 3.05) is 40.3 Å². The molecule has 2 saturated heterocycles. The molecule has 0 bridgehead atoms. The van der Waals surface area contributed by atoms with E-state index in [0.717, 1.165) is 37.6 Å². The Bertz CT molecular complexity index is 902. The number of carbonyl (C=O) groups is 3. The van der Waals surface area contributed by atoms with Crippen LogP contribution >= 0.6 is 0 Å². The first-order valence-electron chi connectivity index (χ1n) is 11.1. The third-order valence-electron chi connectivity index (χ3n) is 5.63. The van der Waals surface area contributed by atoms with Gasteiger partial charge in [0.15, 0.2) is 0 Å². The number of nitrogens with zero attached hydrogens (tertiary/aromatic N) is 4. The van der Waals surface area contributed by atoms with Gasteiger partial charge in [-0.3, -0.25) is 19.6 Å². The van der Waals surface area contributed by atoms with E-state index in [4.69, 9.17) is 19.8 Å². The number of piperidine rings is 1. The number of likely N-dealkylation sites (N-methyl/N-ethyl adjacent to an activating group) is 1. The molecule has 2 atom stereocenters. The quantitative estimate of drug-likeness (QED) is 0.557. The molecule has 2 aliphatic heterocycles. The molecule has 1 amide bonds. The number of hydrogen-bond acceptors (Lipinski definition) is 6. The Balaban J connectivity index is 0.000000404. The predicted molar refractivity (Wildman–Crippen MR) is 118 cm³/mol. The summed E-state index contributed by atoms with van der Waals surface area (Å²) in [6.45, 7) is 6.74. The number of aromatic nitrogens is 1. The fraction of sp³-hybridized carbons (Fsp3) is 0.636. The molecule has 0 aliphatic carbocycles. The molecule has 0 saturated carbocycles. The minimum Gasteiger partial charge on any atom is -0.475 e. The van der Waals surface area contributed by atoms with Crippen LogP contribution in [0.15, 0.2) is 18.2 Å². The summed E-state index contributed by atoms with van der Waals surface area (Å²) in [7, 11) is 3.67. The number of aryl methyl sites for hydroxylation is 1. The van der Waals surface area contributed by atoms with Gasteiger partial charge in [0.2, 0.25) is 5.91 Å². The lowest BCUT2D eigenvalue weighted by molar-refractivity contribution is -0.193. The maximum atomic E-state index is 12.0. The summed E-state index contributed by atoms with van der Waals surface area (Å²) < 4.78 is 63.5. The van der Waals surface area contributed by atoms with Gasteiger partial charge in [0.1, 0.15) is 0 Å². The normalized spacial score (nSPS) is 20.0. The number of pyridine rings is 1. The second kappa shape index (κ2) is 13.6. The Hall–Kier alpha value is -2.94. The number of likely N-dealkylation sites (tertiary alicyclic amines) is 2. The summed E-state index contributed by atoms with van der Waals surface area (Å²) in [6.07, 6.45) is -7.63. The number of alkyl halides is 6. The zero-order valence-corrected chi connectivity index (χ0v) is 20.5. The molecule has 2 fully saturated rings. The van der Waals surface area contributed by atoms with Crippen LogP contribution in [0.3, 0.4) is 0 Å². The summed E-state index contributed by atoms with van der Waals surface area (Å²) in [6, 6.07) is 6.84. The zero-order chi connectivity index (χ0) is 28.6. The lowest BCUT2D eigenvalue weighted by Crippen LogP contribution is -2.45. The van der Waals surface area contributed by atoms with Gasteiger partial charge in [-0.15, -0.1) is 0 Å². The van der Waals surface area contributed by atoms with E-state index < -0.39 is 24.3 Å². The Kier molecular flexibility index (Phi) is 11.8. The van der Waals surface area contributed by atoms with Gasteiger partial charge in [0.05, 0.1) is 12.2 Å². The van der Waals surface area contributed by atoms with Crippen LogP contribution in [0, 0.1) is 12.8 Å². The first-order valence-corrected chi connectivity index (χ1v) is 11.1. The number of amides is 1. The van der Waals surface area contributed by atoms with Gasteiger partial charge >= 0.3 is 24.3 Å². The highest BCUT2D eigenvalue weighted by atomic mass is 19.4. The predicted octanol–water partition coefficient (Wildman–Crippen LogP) is 2.64. The lowest BCUT2D eigenvalue weighted by atomic mass is 9.92. The average molecular weight is 544 g/mol. The van der Waals surface area contributed by atoms with Crippen LogP contribution in [-0.4, -0.2) is 106 Å². The van der Waals surface area contributed by atoms with Gasteiger partial charge in [0, 0.05) is 45.5 Å². The van der Waals surface area contributed by atoms with Gasteiger partial charge in [-0.25, -0.2) is 9.59 Å². The Morgan fingerprint density at radius 1 is 1.03 bits per heavy atom. The second-order valence-electron chi connectivity index (χ2n) is 8.80. The molecule has 0 aromatic carbocycles. The number of hydrogen-bond donors (Lipinski definition) is 2. The summed E-state index contributed by atoms with van der Waals surface area (Å²) in [4.78, 5) is 41.0. The van der Waals surface area contributed by atoms with Gasteiger partial charge in [-0.1, -0.05) is 6.07 Å². The largest absolute Gasteiger partial charge is 0.490 e. The molecule has 2 N–H and O–H groups in total. The number of carboxylic acids is 2. The first kappa shape index (κ1) is 32.1. The highest BCUT2D eigenvalue weighted by Gasteiger charge is 2.40. The van der Waals surface area contributed by atoms with E-state index in [9.17, 15) is 31.1 Å². The molecule has 9 nitrogen and oxygen atoms in total. The molecule has 0 spiro atoms. The molecule has 3 heterocycles. The summed E-state index contributed by atoms with van der Waals surface area (Å²) in [5.41, 5.74) is 2.24. The lowest BCUT2D eigenvalue weighted by Gasteiger charge is -2.36. The molecular formula is C22H30F6N4O5. The van der Waals surface area contributed by atoms with Gasteiger partial charge in [0.25, 0.3) is 0 Å². The minimum absolute atomic E-state index is 0.204. The number of halogens is 6. The van der Waals surface area contributed by atoms with Crippen molar-refractivity contribution < 1.29 is 50.9 Å². The van der Waals surface area contributed by atoms with Crippen molar-refractivity contribution in [3.63, 3.8) is 0 Å². The van der Waals surface area contributed by atoms with E-state index in [1.54, 1.807) is 4.90 Å². The molecule has 0 radical (unpaired) electrons. The van der Waals surface area contributed by atoms with Crippen molar-refractivity contribution >= 4 is 17.8 Å². The topological polar surface area (TPSA) is 114 Å². The van der Waals surface area contributed by atoms with Gasteiger partial charge < -0.3 is 15.1 Å². The van der Waals surface area contributed by atoms with Crippen LogP contribution in [-0.2, 0) is 20.9 Å². The van der Waals surface area contributed by atoms with Crippen molar-refractivity contribution in [2.45, 2.75) is 44.7 Å². The van der Waals surface area contributed by atoms with E-state index in [1.807, 2.05) is 27.1 Å². The fourth-order valence-electron chi connectivity index (χ4n) is 3.91. The molecule has 15 heteroatoms. The molecular weight excluding hydrogens is 514 g/mol. The summed E-state index contributed by atoms with van der Waals surface area (Å²) >= 11 is 0. The van der Waals surface area contributed by atoms with E-state index in [-0.39, 0.29) is 5.91 Å². The molecule has 1 aromatic rings. The SMILES string of the molecule is Cc1cccc(CN2CCC[C@@H]3CN(CC(=O)N(C)C)C[C@@H]32)n1.O=C(O)C(F)(F)F.O=C(O)C(F)(F)F. The monoisotopic (exact) mass is 544 g/mol. The highest BCUT2D eigenvalue weighted by Crippen LogP contribution is 2.31. The van der Waals surface area contributed by atoms with Gasteiger partial charge in [-0.05, 0) is 44.4 Å². The molecule has 210 valence electrons. The number of carbonyl (C=O) groups excluding carboxylic acids is 1.